The Kier molecular flexibility index (Phi) is 7.69. The highest BCUT2D eigenvalue weighted by molar-refractivity contribution is 6.46. The van der Waals surface area contributed by atoms with Crippen molar-refractivity contribution in [3.8, 4) is 23.0 Å². The molecule has 0 aliphatic carbocycles. The molecule has 2 aromatic carbocycles. The molecule has 1 saturated heterocycles. The van der Waals surface area contributed by atoms with E-state index < -0.39 is 17.7 Å². The van der Waals surface area contributed by atoms with Gasteiger partial charge in [0.05, 0.1) is 24.8 Å². The van der Waals surface area contributed by atoms with Crippen LogP contribution in [0.4, 0.5) is 0 Å². The molecule has 2 aliphatic rings. The van der Waals surface area contributed by atoms with Crippen molar-refractivity contribution in [3.63, 3.8) is 0 Å². The fourth-order valence-electron chi connectivity index (χ4n) is 4.35. The molecule has 0 aromatic heterocycles. The first-order valence-electron chi connectivity index (χ1n) is 12.1. The number of ether oxygens (including phenoxy) is 4. The highest BCUT2D eigenvalue weighted by Gasteiger charge is 2.46. The van der Waals surface area contributed by atoms with Crippen molar-refractivity contribution < 1.29 is 33.6 Å². The minimum absolute atomic E-state index is 0.0158. The molecular weight excluding hydrogens is 464 g/mol. The van der Waals surface area contributed by atoms with E-state index in [1.165, 1.54) is 4.90 Å². The van der Waals surface area contributed by atoms with Crippen LogP contribution in [0.3, 0.4) is 0 Å². The molecule has 192 valence electrons. The summed E-state index contributed by atoms with van der Waals surface area (Å²) in [5.41, 5.74) is 1.02. The topological polar surface area (TPSA) is 97.8 Å². The standard InChI is InChI=1S/C27H32N2O7/c1-5-33-19-9-7-17(15-21(19)34-6-2)24-23(26(31)27(32)29(24)12-11-28(3)4)25(30)18-8-10-20-22(16-18)36-14-13-35-20/h7-10,15-16,24,30H,5-6,11-14H2,1-4H3/b25-23+/t24-/m0/s1. The van der Waals surface area contributed by atoms with Gasteiger partial charge in [0.15, 0.2) is 23.0 Å². The van der Waals surface area contributed by atoms with Gasteiger partial charge in [-0.05, 0) is 63.8 Å². The lowest BCUT2D eigenvalue weighted by Crippen LogP contribution is -2.35. The lowest BCUT2D eigenvalue weighted by Gasteiger charge is -2.27. The summed E-state index contributed by atoms with van der Waals surface area (Å²) in [6.45, 7) is 6.31. The van der Waals surface area contributed by atoms with Crippen molar-refractivity contribution in [2.24, 2.45) is 0 Å². The zero-order chi connectivity index (χ0) is 25.8. The van der Waals surface area contributed by atoms with Crippen molar-refractivity contribution >= 4 is 17.4 Å². The lowest BCUT2D eigenvalue weighted by molar-refractivity contribution is -0.140. The van der Waals surface area contributed by atoms with Gasteiger partial charge in [-0.15, -0.1) is 0 Å². The number of hydrogen-bond donors (Lipinski definition) is 1. The second-order valence-electron chi connectivity index (χ2n) is 8.73. The van der Waals surface area contributed by atoms with Crippen molar-refractivity contribution in [2.45, 2.75) is 19.9 Å². The summed E-state index contributed by atoms with van der Waals surface area (Å²) >= 11 is 0. The number of hydrogen-bond acceptors (Lipinski definition) is 8. The predicted octanol–water partition coefficient (Wildman–Crippen LogP) is 3.24. The second-order valence-corrected chi connectivity index (χ2v) is 8.73. The van der Waals surface area contributed by atoms with Crippen LogP contribution in [-0.2, 0) is 9.59 Å². The fraction of sp³-hybridized carbons (Fsp3) is 0.407. The Labute approximate surface area is 210 Å². The van der Waals surface area contributed by atoms with Gasteiger partial charge in [-0.2, -0.15) is 0 Å². The SMILES string of the molecule is CCOc1ccc([C@H]2/C(=C(\O)c3ccc4c(c3)OCCO4)C(=O)C(=O)N2CCN(C)C)cc1OCC. The minimum atomic E-state index is -0.798. The van der Waals surface area contributed by atoms with E-state index in [0.29, 0.717) is 73.6 Å². The summed E-state index contributed by atoms with van der Waals surface area (Å²) in [6.07, 6.45) is 0. The van der Waals surface area contributed by atoms with Gasteiger partial charge < -0.3 is 33.9 Å². The Morgan fingerprint density at radius 3 is 2.39 bits per heavy atom. The molecule has 9 heteroatoms. The lowest BCUT2D eigenvalue weighted by atomic mass is 9.94. The molecule has 2 heterocycles. The van der Waals surface area contributed by atoms with Crippen LogP contribution in [0.15, 0.2) is 42.0 Å². The third kappa shape index (κ3) is 4.97. The molecule has 2 aliphatic heterocycles. The number of rotatable bonds is 9. The van der Waals surface area contributed by atoms with E-state index in [0.717, 1.165) is 0 Å². The zero-order valence-corrected chi connectivity index (χ0v) is 21.1. The van der Waals surface area contributed by atoms with E-state index in [9.17, 15) is 14.7 Å². The molecule has 1 N–H and O–H groups in total. The average molecular weight is 497 g/mol. The van der Waals surface area contributed by atoms with E-state index in [4.69, 9.17) is 18.9 Å². The highest BCUT2D eigenvalue weighted by atomic mass is 16.6. The van der Waals surface area contributed by atoms with Gasteiger partial charge in [-0.1, -0.05) is 6.07 Å². The first-order valence-corrected chi connectivity index (χ1v) is 12.1. The Morgan fingerprint density at radius 1 is 1.00 bits per heavy atom. The van der Waals surface area contributed by atoms with E-state index >= 15 is 0 Å². The van der Waals surface area contributed by atoms with Crippen LogP contribution >= 0.6 is 0 Å². The van der Waals surface area contributed by atoms with E-state index in [2.05, 4.69) is 0 Å². The fourth-order valence-corrected chi connectivity index (χ4v) is 4.35. The highest BCUT2D eigenvalue weighted by Crippen LogP contribution is 2.43. The molecule has 36 heavy (non-hydrogen) atoms. The minimum Gasteiger partial charge on any atom is -0.507 e. The van der Waals surface area contributed by atoms with Crippen LogP contribution in [0.2, 0.25) is 0 Å². The number of benzene rings is 2. The molecule has 1 fully saturated rings. The Morgan fingerprint density at radius 2 is 1.69 bits per heavy atom. The normalized spacial score (nSPS) is 18.6. The maximum atomic E-state index is 13.3. The predicted molar refractivity (Wildman–Crippen MR) is 134 cm³/mol. The van der Waals surface area contributed by atoms with Crippen LogP contribution in [0.25, 0.3) is 5.76 Å². The number of fused-ring (bicyclic) bond motifs is 1. The molecular formula is C27H32N2O7. The van der Waals surface area contributed by atoms with Crippen molar-refractivity contribution in [1.29, 1.82) is 0 Å². The van der Waals surface area contributed by atoms with Gasteiger partial charge >= 0.3 is 0 Å². The molecule has 4 rings (SSSR count). The molecule has 2 aromatic rings. The van der Waals surface area contributed by atoms with Crippen LogP contribution in [0, 0.1) is 0 Å². The summed E-state index contributed by atoms with van der Waals surface area (Å²) < 4.78 is 22.7. The number of Topliss-reactive ketones (excluding diaryl/α,β-unsaturated/α-hetero) is 1. The van der Waals surface area contributed by atoms with Crippen molar-refractivity contribution in [3.05, 3.63) is 53.1 Å². The Bertz CT molecular complexity index is 1170. The first-order chi connectivity index (χ1) is 17.3. The van der Waals surface area contributed by atoms with Gasteiger partial charge in [0, 0.05) is 18.7 Å². The van der Waals surface area contributed by atoms with E-state index in [-0.39, 0.29) is 11.3 Å². The number of ketones is 1. The van der Waals surface area contributed by atoms with Gasteiger partial charge in [0.25, 0.3) is 11.7 Å². The Balaban J connectivity index is 1.84. The molecule has 0 saturated carbocycles. The number of likely N-dealkylation sites (N-methyl/N-ethyl adjacent to an activating group) is 1. The smallest absolute Gasteiger partial charge is 0.295 e. The number of likely N-dealkylation sites (tertiary alicyclic amines) is 1. The third-order valence-electron chi connectivity index (χ3n) is 6.03. The van der Waals surface area contributed by atoms with Gasteiger partial charge in [-0.3, -0.25) is 9.59 Å². The maximum absolute atomic E-state index is 13.3. The second kappa shape index (κ2) is 10.9. The van der Waals surface area contributed by atoms with Crippen molar-refractivity contribution in [1.82, 2.24) is 9.80 Å². The Hall–Kier alpha value is -3.72. The number of nitrogens with zero attached hydrogens (tertiary/aromatic N) is 2. The van der Waals surface area contributed by atoms with Crippen LogP contribution < -0.4 is 18.9 Å². The van der Waals surface area contributed by atoms with Gasteiger partial charge in [-0.25, -0.2) is 0 Å². The maximum Gasteiger partial charge on any atom is 0.295 e. The number of aliphatic hydroxyl groups is 1. The average Bonchev–Trinajstić information content (AvgIpc) is 3.13. The molecule has 1 amide bonds. The summed E-state index contributed by atoms with van der Waals surface area (Å²) in [5, 5.41) is 11.4. The van der Waals surface area contributed by atoms with Crippen LogP contribution in [0.5, 0.6) is 23.0 Å². The van der Waals surface area contributed by atoms with Gasteiger partial charge in [0.2, 0.25) is 0 Å². The zero-order valence-electron chi connectivity index (χ0n) is 21.1. The number of amides is 1. The van der Waals surface area contributed by atoms with Crippen LogP contribution in [0.1, 0.15) is 31.0 Å². The monoisotopic (exact) mass is 496 g/mol. The van der Waals surface area contributed by atoms with E-state index in [1.54, 1.807) is 36.4 Å². The van der Waals surface area contributed by atoms with Gasteiger partial charge in [0.1, 0.15) is 19.0 Å². The number of carbonyl (C=O) groups is 2. The quantitative estimate of drug-likeness (QED) is 0.321. The van der Waals surface area contributed by atoms with Crippen LogP contribution in [-0.4, -0.2) is 80.2 Å². The molecule has 0 unspecified atom stereocenters. The number of aliphatic hydroxyl groups excluding tert-OH is 1. The molecule has 9 nitrogen and oxygen atoms in total. The van der Waals surface area contributed by atoms with E-state index in [1.807, 2.05) is 32.8 Å². The van der Waals surface area contributed by atoms with Crippen molar-refractivity contribution in [2.75, 3.05) is 53.6 Å². The number of carbonyl (C=O) groups excluding carboxylic acids is 2. The molecule has 1 atom stereocenters. The summed E-state index contributed by atoms with van der Waals surface area (Å²) in [5.74, 6) is 0.451. The largest absolute Gasteiger partial charge is 0.507 e. The summed E-state index contributed by atoms with van der Waals surface area (Å²) in [7, 11) is 3.79. The third-order valence-corrected chi connectivity index (χ3v) is 6.03. The first kappa shape index (κ1) is 25.4. The summed E-state index contributed by atoms with van der Waals surface area (Å²) in [4.78, 5) is 29.9. The molecule has 0 radical (unpaired) electrons. The summed E-state index contributed by atoms with van der Waals surface area (Å²) in [6, 6.07) is 9.49. The molecule has 0 bridgehead atoms. The molecule has 0 spiro atoms.